The van der Waals surface area contributed by atoms with E-state index in [1.807, 2.05) is 12.1 Å². The molecular formula is C21H18N10O. The van der Waals surface area contributed by atoms with Gasteiger partial charge in [-0.2, -0.15) is 5.26 Å². The quantitative estimate of drug-likeness (QED) is 0.244. The van der Waals surface area contributed by atoms with Gasteiger partial charge in [0.1, 0.15) is 17.3 Å². The number of nitriles is 1. The van der Waals surface area contributed by atoms with Gasteiger partial charge in [0.25, 0.3) is 0 Å². The Labute approximate surface area is 182 Å². The summed E-state index contributed by atoms with van der Waals surface area (Å²) < 4.78 is 0. The number of nitrogens with one attached hydrogen (secondary N) is 3. The third-order valence-electron chi connectivity index (χ3n) is 4.54. The largest absolute Gasteiger partial charge is 0.382 e. The minimum absolute atomic E-state index is 0.0712. The first kappa shape index (κ1) is 20.4. The molecule has 3 aromatic heterocycles. The summed E-state index contributed by atoms with van der Waals surface area (Å²) in [4.78, 5) is 31.1. The van der Waals surface area contributed by atoms with Crippen molar-refractivity contribution in [2.75, 3.05) is 29.5 Å². The number of pyridine rings is 1. The summed E-state index contributed by atoms with van der Waals surface area (Å²) in [5.74, 6) is 1.69. The Morgan fingerprint density at radius 3 is 2.56 bits per heavy atom. The van der Waals surface area contributed by atoms with E-state index in [1.165, 1.54) is 6.07 Å². The first-order chi connectivity index (χ1) is 15.7. The zero-order chi connectivity index (χ0) is 22.3. The molecule has 0 aliphatic carbocycles. The first-order valence-corrected chi connectivity index (χ1v) is 9.63. The van der Waals surface area contributed by atoms with E-state index in [2.05, 4.69) is 46.8 Å². The van der Waals surface area contributed by atoms with Crippen molar-refractivity contribution in [1.29, 1.82) is 5.26 Å². The predicted octanol–water partition coefficient (Wildman–Crippen LogP) is 3.30. The van der Waals surface area contributed by atoms with Crippen LogP contribution in [0, 0.1) is 16.2 Å². The van der Waals surface area contributed by atoms with Gasteiger partial charge in [-0.1, -0.05) is 12.1 Å². The Bertz CT molecular complexity index is 1260. The molecule has 4 rings (SSSR count). The standard InChI is InChI=1S/C21H18N10O/c22-11-13-1-3-14(4-2-13)18-15(20-25-8-9-26-20)12-28-21(30-18)27-10-7-24-17-6-5-16(31-32)19(23)29-17/h1-6,8-9,12H,7,10H2,(H,25,26)(H3,23,24,29)(H,27,28,30). The number of hydrogen-bond donors (Lipinski definition) is 4. The van der Waals surface area contributed by atoms with Crippen LogP contribution in [0.4, 0.5) is 23.3 Å². The number of imidazole rings is 1. The Hall–Kier alpha value is -4.85. The van der Waals surface area contributed by atoms with Crippen molar-refractivity contribution >= 4 is 23.3 Å². The fraction of sp³-hybridized carbons (Fsp3) is 0.0952. The summed E-state index contributed by atoms with van der Waals surface area (Å²) in [6.07, 6.45) is 5.09. The third-order valence-corrected chi connectivity index (χ3v) is 4.54. The maximum absolute atomic E-state index is 10.6. The van der Waals surface area contributed by atoms with E-state index in [-0.39, 0.29) is 11.5 Å². The molecular weight excluding hydrogens is 408 g/mol. The van der Waals surface area contributed by atoms with Crippen LogP contribution in [0.5, 0.6) is 0 Å². The highest BCUT2D eigenvalue weighted by Gasteiger charge is 2.13. The lowest BCUT2D eigenvalue weighted by atomic mass is 10.1. The summed E-state index contributed by atoms with van der Waals surface area (Å²) in [7, 11) is 0. The topological polar surface area (TPSA) is 171 Å². The molecule has 0 amide bonds. The van der Waals surface area contributed by atoms with E-state index in [1.54, 1.807) is 36.8 Å². The molecule has 0 aliphatic heterocycles. The van der Waals surface area contributed by atoms with Crippen LogP contribution in [-0.2, 0) is 0 Å². The highest BCUT2D eigenvalue weighted by molar-refractivity contribution is 5.77. The van der Waals surface area contributed by atoms with Crippen LogP contribution in [0.3, 0.4) is 0 Å². The molecule has 0 bridgehead atoms. The van der Waals surface area contributed by atoms with E-state index in [4.69, 9.17) is 11.0 Å². The molecule has 32 heavy (non-hydrogen) atoms. The number of H-pyrrole nitrogens is 1. The van der Waals surface area contributed by atoms with Gasteiger partial charge < -0.3 is 21.4 Å². The van der Waals surface area contributed by atoms with Crippen LogP contribution in [0.15, 0.2) is 60.2 Å². The molecule has 0 saturated carbocycles. The van der Waals surface area contributed by atoms with Crippen molar-refractivity contribution in [3.8, 4) is 28.7 Å². The maximum atomic E-state index is 10.6. The summed E-state index contributed by atoms with van der Waals surface area (Å²) in [5.41, 5.74) is 8.60. The summed E-state index contributed by atoms with van der Waals surface area (Å²) in [5, 5.41) is 18.1. The number of anilines is 3. The summed E-state index contributed by atoms with van der Waals surface area (Å²) in [6, 6.07) is 12.4. The van der Waals surface area contributed by atoms with Crippen LogP contribution in [-0.4, -0.2) is 38.0 Å². The molecule has 0 radical (unpaired) electrons. The van der Waals surface area contributed by atoms with Gasteiger partial charge in [-0.3, -0.25) is 0 Å². The van der Waals surface area contributed by atoms with Gasteiger partial charge in [0, 0.05) is 37.2 Å². The Morgan fingerprint density at radius 2 is 1.88 bits per heavy atom. The van der Waals surface area contributed by atoms with Crippen LogP contribution < -0.4 is 16.4 Å². The third kappa shape index (κ3) is 4.49. The van der Waals surface area contributed by atoms with Crippen molar-refractivity contribution in [2.24, 2.45) is 5.18 Å². The van der Waals surface area contributed by atoms with Crippen LogP contribution in [0.1, 0.15) is 5.56 Å². The summed E-state index contributed by atoms with van der Waals surface area (Å²) >= 11 is 0. The zero-order valence-electron chi connectivity index (χ0n) is 16.8. The second-order valence-corrected chi connectivity index (χ2v) is 6.63. The fourth-order valence-electron chi connectivity index (χ4n) is 2.98. The zero-order valence-corrected chi connectivity index (χ0v) is 16.8. The van der Waals surface area contributed by atoms with E-state index in [0.717, 1.165) is 11.1 Å². The number of aromatic nitrogens is 5. The molecule has 5 N–H and O–H groups in total. The second kappa shape index (κ2) is 9.31. The van der Waals surface area contributed by atoms with Crippen LogP contribution >= 0.6 is 0 Å². The molecule has 0 spiro atoms. The number of nitrogens with two attached hydrogens (primary N) is 1. The predicted molar refractivity (Wildman–Crippen MR) is 121 cm³/mol. The van der Waals surface area contributed by atoms with Gasteiger partial charge in [0.2, 0.25) is 5.95 Å². The number of nitrogens with zero attached hydrogens (tertiary/aromatic N) is 6. The van der Waals surface area contributed by atoms with Crippen LogP contribution in [0.25, 0.3) is 22.6 Å². The minimum atomic E-state index is 0.0712. The van der Waals surface area contributed by atoms with Gasteiger partial charge >= 0.3 is 0 Å². The second-order valence-electron chi connectivity index (χ2n) is 6.63. The Morgan fingerprint density at radius 1 is 1.06 bits per heavy atom. The SMILES string of the molecule is N#Cc1ccc(-c2nc(NCCNc3ccc(N=O)c(N)n3)ncc2-c2ncc[nH]2)cc1. The van der Waals surface area contributed by atoms with Gasteiger partial charge in [0.05, 0.1) is 22.9 Å². The average Bonchev–Trinajstić information content (AvgIpc) is 3.37. The van der Waals surface area contributed by atoms with Crippen molar-refractivity contribution in [3.63, 3.8) is 0 Å². The summed E-state index contributed by atoms with van der Waals surface area (Å²) in [6.45, 7) is 1.01. The lowest BCUT2D eigenvalue weighted by Crippen LogP contribution is -2.16. The molecule has 1 aromatic carbocycles. The number of aromatic amines is 1. The van der Waals surface area contributed by atoms with Gasteiger partial charge in [0.15, 0.2) is 5.82 Å². The van der Waals surface area contributed by atoms with Gasteiger partial charge in [-0.15, -0.1) is 4.91 Å². The molecule has 158 valence electrons. The highest BCUT2D eigenvalue weighted by Crippen LogP contribution is 2.29. The van der Waals surface area contributed by atoms with Crippen molar-refractivity contribution < 1.29 is 0 Å². The smallest absolute Gasteiger partial charge is 0.223 e. The first-order valence-electron chi connectivity index (χ1n) is 9.63. The molecule has 11 heteroatoms. The molecule has 0 saturated heterocycles. The van der Waals surface area contributed by atoms with E-state index in [9.17, 15) is 4.91 Å². The van der Waals surface area contributed by atoms with Crippen molar-refractivity contribution in [1.82, 2.24) is 24.9 Å². The number of benzene rings is 1. The molecule has 0 aliphatic rings. The van der Waals surface area contributed by atoms with E-state index >= 15 is 0 Å². The number of nitroso groups, excluding NO2 is 1. The number of nitrogen functional groups attached to an aromatic ring is 1. The molecule has 0 fully saturated rings. The molecule has 3 heterocycles. The fourth-order valence-corrected chi connectivity index (χ4v) is 2.98. The van der Waals surface area contributed by atoms with Crippen LogP contribution in [0.2, 0.25) is 0 Å². The number of hydrogen-bond acceptors (Lipinski definition) is 10. The maximum Gasteiger partial charge on any atom is 0.223 e. The van der Waals surface area contributed by atoms with E-state index < -0.39 is 0 Å². The molecule has 0 atom stereocenters. The van der Waals surface area contributed by atoms with Gasteiger partial charge in [-0.25, -0.2) is 19.9 Å². The van der Waals surface area contributed by atoms with E-state index in [0.29, 0.717) is 41.9 Å². The van der Waals surface area contributed by atoms with Gasteiger partial charge in [-0.05, 0) is 29.4 Å². The number of rotatable bonds is 8. The minimum Gasteiger partial charge on any atom is -0.382 e. The lowest BCUT2D eigenvalue weighted by molar-refractivity contribution is 1.02. The molecule has 11 nitrogen and oxygen atoms in total. The Balaban J connectivity index is 1.49. The van der Waals surface area contributed by atoms with Crippen molar-refractivity contribution in [2.45, 2.75) is 0 Å². The Kier molecular flexibility index (Phi) is 5.94. The molecule has 4 aromatic rings. The molecule has 0 unspecified atom stereocenters. The highest BCUT2D eigenvalue weighted by atomic mass is 16.3. The lowest BCUT2D eigenvalue weighted by Gasteiger charge is -2.11. The monoisotopic (exact) mass is 426 g/mol. The average molecular weight is 426 g/mol. The van der Waals surface area contributed by atoms with Crippen molar-refractivity contribution in [3.05, 3.63) is 65.5 Å². The normalized spacial score (nSPS) is 10.3.